The van der Waals surface area contributed by atoms with Crippen LogP contribution in [0.2, 0.25) is 0 Å². The number of anilines is 2. The highest BCUT2D eigenvalue weighted by atomic mass is 19.1. The molecule has 2 aromatic rings. The van der Waals surface area contributed by atoms with E-state index in [1.807, 2.05) is 18.7 Å². The lowest BCUT2D eigenvalue weighted by Gasteiger charge is -2.36. The third kappa shape index (κ3) is 4.49. The monoisotopic (exact) mass is 467 g/mol. The number of hydrogen-bond acceptors (Lipinski definition) is 6. The second kappa shape index (κ2) is 9.44. The number of alkyl halides is 1. The summed E-state index contributed by atoms with van der Waals surface area (Å²) >= 11 is 0. The number of phenolic OH excluding ortho intramolecular Hbond substituents is 1. The van der Waals surface area contributed by atoms with Crippen molar-refractivity contribution in [1.29, 1.82) is 0 Å². The number of allylic oxidation sites excluding steroid dienone is 1. The third-order valence-corrected chi connectivity index (χ3v) is 6.77. The van der Waals surface area contributed by atoms with E-state index >= 15 is 0 Å². The number of carbonyl (C=O) groups excluding carboxylic acids is 2. The summed E-state index contributed by atoms with van der Waals surface area (Å²) in [6.07, 6.45) is 3.14. The molecule has 1 fully saturated rings. The van der Waals surface area contributed by atoms with Crippen molar-refractivity contribution in [3.63, 3.8) is 0 Å². The predicted molar refractivity (Wildman–Crippen MR) is 128 cm³/mol. The molecule has 1 saturated heterocycles. The molecule has 2 aliphatic heterocycles. The van der Waals surface area contributed by atoms with Crippen molar-refractivity contribution in [2.45, 2.75) is 45.2 Å². The molecule has 3 heterocycles. The van der Waals surface area contributed by atoms with Gasteiger partial charge in [-0.3, -0.25) is 9.59 Å². The van der Waals surface area contributed by atoms with Gasteiger partial charge in [0.2, 0.25) is 0 Å². The fraction of sp³-hybridized carbons (Fsp3) is 0.423. The lowest BCUT2D eigenvalue weighted by molar-refractivity contribution is 0.0419. The van der Waals surface area contributed by atoms with E-state index in [1.54, 1.807) is 23.1 Å². The van der Waals surface area contributed by atoms with Gasteiger partial charge in [-0.2, -0.15) is 0 Å². The molecule has 0 atom stereocenters. The highest BCUT2D eigenvalue weighted by molar-refractivity contribution is 6.10. The van der Waals surface area contributed by atoms with Crippen LogP contribution >= 0.6 is 0 Å². The van der Waals surface area contributed by atoms with Gasteiger partial charge in [0.15, 0.2) is 17.4 Å². The molecule has 1 aromatic heterocycles. The Morgan fingerprint density at radius 2 is 1.94 bits per heavy atom. The number of fused-ring (bicyclic) bond motifs is 1. The fourth-order valence-electron chi connectivity index (χ4n) is 4.35. The summed E-state index contributed by atoms with van der Waals surface area (Å²) in [5, 5.41) is 10.5. The molecule has 0 spiro atoms. The molecular weight excluding hydrogens is 437 g/mol. The molecule has 0 unspecified atom stereocenters. The van der Waals surface area contributed by atoms with E-state index in [9.17, 15) is 19.1 Å². The topological polar surface area (TPSA) is 83.0 Å². The first-order valence-corrected chi connectivity index (χ1v) is 11.7. The number of halogens is 1. The molecule has 2 aliphatic rings. The van der Waals surface area contributed by atoms with E-state index in [-0.39, 0.29) is 23.0 Å². The second-order valence-electron chi connectivity index (χ2n) is 8.83. The molecule has 0 saturated carbocycles. The lowest BCUT2D eigenvalue weighted by Crippen LogP contribution is -2.44. The Bertz CT molecular complexity index is 1130. The summed E-state index contributed by atoms with van der Waals surface area (Å²) in [5.74, 6) is 0.383. The predicted octanol–water partition coefficient (Wildman–Crippen LogP) is 4.82. The minimum atomic E-state index is -1.19. The largest absolute Gasteiger partial charge is 0.507 e. The van der Waals surface area contributed by atoms with Crippen LogP contribution in [0, 0.1) is 0 Å². The number of amides is 1. The molecule has 1 N–H and O–H groups in total. The third-order valence-electron chi connectivity index (χ3n) is 6.77. The van der Waals surface area contributed by atoms with Gasteiger partial charge in [0.05, 0.1) is 17.7 Å². The maximum atomic E-state index is 14.5. The first-order chi connectivity index (χ1) is 16.3. The normalized spacial score (nSPS) is 17.0. The quantitative estimate of drug-likeness (QED) is 0.484. The summed E-state index contributed by atoms with van der Waals surface area (Å²) in [4.78, 5) is 33.4. The van der Waals surface area contributed by atoms with Gasteiger partial charge in [0, 0.05) is 31.0 Å². The van der Waals surface area contributed by atoms with E-state index in [1.165, 1.54) is 12.3 Å². The second-order valence-corrected chi connectivity index (χ2v) is 8.83. The van der Waals surface area contributed by atoms with Crippen LogP contribution in [0.15, 0.2) is 42.6 Å². The number of rotatable bonds is 6. The van der Waals surface area contributed by atoms with E-state index < -0.39 is 5.67 Å². The van der Waals surface area contributed by atoms with Crippen LogP contribution in [-0.2, 0) is 0 Å². The van der Waals surface area contributed by atoms with Crippen molar-refractivity contribution in [2.24, 2.45) is 0 Å². The molecule has 1 amide bonds. The van der Waals surface area contributed by atoms with Gasteiger partial charge in [0.25, 0.3) is 5.91 Å². The molecule has 1 aromatic carbocycles. The number of ether oxygens (including phenoxy) is 1. The van der Waals surface area contributed by atoms with Crippen LogP contribution in [-0.4, -0.2) is 58.6 Å². The van der Waals surface area contributed by atoms with Crippen LogP contribution in [0.3, 0.4) is 0 Å². The Balaban J connectivity index is 1.55. The molecule has 0 radical (unpaired) electrons. The number of piperidine rings is 1. The number of aromatic hydroxyl groups is 1. The van der Waals surface area contributed by atoms with E-state index in [4.69, 9.17) is 4.74 Å². The van der Waals surface area contributed by atoms with Crippen LogP contribution in [0.25, 0.3) is 0 Å². The maximum absolute atomic E-state index is 14.5. The van der Waals surface area contributed by atoms with Crippen molar-refractivity contribution in [2.75, 3.05) is 31.1 Å². The molecule has 7 nitrogen and oxygen atoms in total. The summed E-state index contributed by atoms with van der Waals surface area (Å²) in [6, 6.07) is 6.52. The van der Waals surface area contributed by atoms with Crippen molar-refractivity contribution in [1.82, 2.24) is 9.88 Å². The van der Waals surface area contributed by atoms with Gasteiger partial charge in [-0.25, -0.2) is 9.37 Å². The smallest absolute Gasteiger partial charge is 0.255 e. The van der Waals surface area contributed by atoms with Gasteiger partial charge < -0.3 is 19.6 Å². The molecule has 8 heteroatoms. The summed E-state index contributed by atoms with van der Waals surface area (Å²) < 4.78 is 20.3. The van der Waals surface area contributed by atoms with Crippen LogP contribution in [0.5, 0.6) is 11.5 Å². The summed E-state index contributed by atoms with van der Waals surface area (Å²) in [5.41, 5.74) is 0.496. The zero-order valence-corrected chi connectivity index (χ0v) is 19.6. The molecule has 0 aliphatic carbocycles. The van der Waals surface area contributed by atoms with Crippen molar-refractivity contribution < 1.29 is 23.8 Å². The highest BCUT2D eigenvalue weighted by Gasteiger charge is 2.35. The number of benzene rings is 1. The number of carbonyl (C=O) groups is 2. The van der Waals surface area contributed by atoms with Gasteiger partial charge >= 0.3 is 0 Å². The van der Waals surface area contributed by atoms with Crippen molar-refractivity contribution in [3.05, 3.63) is 53.7 Å². The summed E-state index contributed by atoms with van der Waals surface area (Å²) in [7, 11) is 0. The first kappa shape index (κ1) is 23.7. The van der Waals surface area contributed by atoms with E-state index in [0.717, 1.165) is 0 Å². The van der Waals surface area contributed by atoms with Gasteiger partial charge in [-0.1, -0.05) is 20.4 Å². The zero-order valence-electron chi connectivity index (χ0n) is 19.6. The fourth-order valence-corrected chi connectivity index (χ4v) is 4.35. The average Bonchev–Trinajstić information content (AvgIpc) is 2.87. The number of aromatic nitrogens is 1. The minimum Gasteiger partial charge on any atom is -0.507 e. The SMILES string of the molecule is C=C(CC)C(=O)c1ccc(N2CCOc3cc(C(=O)N4CCC(F)(CC)CC4)cnc32)cc1O. The minimum absolute atomic E-state index is 0.127. The van der Waals surface area contributed by atoms with Crippen molar-refractivity contribution in [3.8, 4) is 11.5 Å². The van der Waals surface area contributed by atoms with Gasteiger partial charge in [0.1, 0.15) is 18.0 Å². The summed E-state index contributed by atoms with van der Waals surface area (Å²) in [6.45, 7) is 9.04. The number of pyridine rings is 1. The lowest BCUT2D eigenvalue weighted by atomic mass is 9.90. The first-order valence-electron chi connectivity index (χ1n) is 11.7. The Morgan fingerprint density at radius 1 is 1.21 bits per heavy atom. The van der Waals surface area contributed by atoms with Crippen LogP contribution < -0.4 is 9.64 Å². The molecule has 34 heavy (non-hydrogen) atoms. The Hall–Kier alpha value is -3.42. The van der Waals surface area contributed by atoms with Gasteiger partial charge in [-0.05, 0) is 49.5 Å². The highest BCUT2D eigenvalue weighted by Crippen LogP contribution is 2.38. The van der Waals surface area contributed by atoms with E-state index in [2.05, 4.69) is 11.6 Å². The number of likely N-dealkylation sites (tertiary alicyclic amines) is 1. The van der Waals surface area contributed by atoms with Gasteiger partial charge in [-0.15, -0.1) is 0 Å². The Morgan fingerprint density at radius 3 is 2.59 bits per heavy atom. The number of nitrogens with zero attached hydrogens (tertiary/aromatic N) is 3. The number of phenols is 1. The molecular formula is C26H30FN3O4. The zero-order chi connectivity index (χ0) is 24.5. The number of Topliss-reactive ketones (excluding diaryl/α,β-unsaturated/α-hetero) is 1. The standard InChI is InChI=1S/C26H30FN3O4/c1-4-17(3)23(32)20-7-6-19(15-21(20)31)30-12-13-34-22-14-18(16-28-24(22)30)25(33)29-10-8-26(27,5-2)9-11-29/h6-7,14-16,31H,3-5,8-13H2,1-2H3. The number of hydrogen-bond donors (Lipinski definition) is 1. The average molecular weight is 468 g/mol. The van der Waals surface area contributed by atoms with Crippen LogP contribution in [0.4, 0.5) is 15.9 Å². The Labute approximate surface area is 198 Å². The molecule has 0 bridgehead atoms. The van der Waals surface area contributed by atoms with Crippen molar-refractivity contribution >= 4 is 23.2 Å². The Kier molecular flexibility index (Phi) is 6.59. The number of ketones is 1. The molecule has 4 rings (SSSR count). The van der Waals surface area contributed by atoms with E-state index in [0.29, 0.717) is 80.3 Å². The molecule has 180 valence electrons. The maximum Gasteiger partial charge on any atom is 0.255 e. The van der Waals surface area contributed by atoms with Crippen LogP contribution in [0.1, 0.15) is 60.2 Å².